The molecule has 0 unspecified atom stereocenters. The van der Waals surface area contributed by atoms with Crippen molar-refractivity contribution < 1.29 is 14.6 Å². The molecule has 4 nitrogen and oxygen atoms in total. The zero-order valence-electron chi connectivity index (χ0n) is 10.4. The van der Waals surface area contributed by atoms with Crippen LogP contribution in [0.3, 0.4) is 0 Å². The van der Waals surface area contributed by atoms with Crippen LogP contribution in [-0.4, -0.2) is 24.7 Å². The average Bonchev–Trinajstić information content (AvgIpc) is 2.34. The number of carbonyl (C=O) groups is 1. The lowest BCUT2D eigenvalue weighted by molar-refractivity contribution is -0.137. The van der Waals surface area contributed by atoms with Crippen LogP contribution >= 0.6 is 11.6 Å². The van der Waals surface area contributed by atoms with E-state index in [9.17, 15) is 4.79 Å². The summed E-state index contributed by atoms with van der Waals surface area (Å²) in [6, 6.07) is 5.54. The Morgan fingerprint density at radius 3 is 2.89 bits per heavy atom. The van der Waals surface area contributed by atoms with Crippen LogP contribution in [0.15, 0.2) is 18.2 Å². The van der Waals surface area contributed by atoms with Gasteiger partial charge in [0.2, 0.25) is 0 Å². The van der Waals surface area contributed by atoms with Gasteiger partial charge < -0.3 is 15.2 Å². The van der Waals surface area contributed by atoms with Crippen LogP contribution in [0.1, 0.15) is 24.8 Å². The standard InChI is InChI=1S/C13H18ClNO3/c1-18-12-6-4-5-11(14)10(12)9-15-8-3-2-7-13(16)17/h4-6,15H,2-3,7-9H2,1H3,(H,16,17). The molecule has 0 bridgehead atoms. The number of methoxy groups -OCH3 is 1. The van der Waals surface area contributed by atoms with E-state index in [0.29, 0.717) is 18.0 Å². The number of rotatable bonds is 8. The van der Waals surface area contributed by atoms with Gasteiger partial charge in [-0.05, 0) is 31.5 Å². The monoisotopic (exact) mass is 271 g/mol. The van der Waals surface area contributed by atoms with Gasteiger partial charge in [-0.3, -0.25) is 4.79 Å². The van der Waals surface area contributed by atoms with Crippen LogP contribution in [0.4, 0.5) is 0 Å². The molecule has 0 radical (unpaired) electrons. The number of hydrogen-bond donors (Lipinski definition) is 2. The summed E-state index contributed by atoms with van der Waals surface area (Å²) in [4.78, 5) is 10.3. The Labute approximate surface area is 112 Å². The predicted molar refractivity (Wildman–Crippen MR) is 71.2 cm³/mol. The largest absolute Gasteiger partial charge is 0.496 e. The number of carboxylic acids is 1. The Bertz CT molecular complexity index is 396. The zero-order chi connectivity index (χ0) is 13.4. The van der Waals surface area contributed by atoms with E-state index < -0.39 is 5.97 Å². The van der Waals surface area contributed by atoms with Crippen molar-refractivity contribution in [3.63, 3.8) is 0 Å². The van der Waals surface area contributed by atoms with Crippen LogP contribution in [-0.2, 0) is 11.3 Å². The van der Waals surface area contributed by atoms with Crippen molar-refractivity contribution in [3.8, 4) is 5.75 Å². The van der Waals surface area contributed by atoms with Crippen molar-refractivity contribution in [2.75, 3.05) is 13.7 Å². The van der Waals surface area contributed by atoms with Crippen molar-refractivity contribution in [2.45, 2.75) is 25.8 Å². The van der Waals surface area contributed by atoms with E-state index in [-0.39, 0.29) is 6.42 Å². The molecule has 0 heterocycles. The average molecular weight is 272 g/mol. The number of carboxylic acid groups (broad SMARTS) is 1. The predicted octanol–water partition coefficient (Wildman–Crippen LogP) is 2.69. The van der Waals surface area contributed by atoms with Gasteiger partial charge in [-0.15, -0.1) is 0 Å². The van der Waals surface area contributed by atoms with Crippen LogP contribution in [0.2, 0.25) is 5.02 Å². The summed E-state index contributed by atoms with van der Waals surface area (Å²) in [6.45, 7) is 1.39. The smallest absolute Gasteiger partial charge is 0.303 e. The van der Waals surface area contributed by atoms with Gasteiger partial charge >= 0.3 is 5.97 Å². The van der Waals surface area contributed by atoms with Crippen LogP contribution in [0.5, 0.6) is 5.75 Å². The number of hydrogen-bond acceptors (Lipinski definition) is 3. The summed E-state index contributed by atoms with van der Waals surface area (Å²) in [6.07, 6.45) is 1.73. The summed E-state index contributed by atoms with van der Waals surface area (Å²) in [5, 5.41) is 12.4. The van der Waals surface area contributed by atoms with Gasteiger partial charge in [0, 0.05) is 23.6 Å². The van der Waals surface area contributed by atoms with Crippen molar-refractivity contribution in [3.05, 3.63) is 28.8 Å². The van der Waals surface area contributed by atoms with E-state index in [1.165, 1.54) is 0 Å². The lowest BCUT2D eigenvalue weighted by atomic mass is 10.2. The highest BCUT2D eigenvalue weighted by molar-refractivity contribution is 6.31. The Kier molecular flexibility index (Phi) is 6.54. The molecular formula is C13H18ClNO3. The first-order valence-corrected chi connectivity index (χ1v) is 6.27. The summed E-state index contributed by atoms with van der Waals surface area (Å²) in [5.41, 5.74) is 0.930. The maximum Gasteiger partial charge on any atom is 0.303 e. The Balaban J connectivity index is 2.33. The third-order valence-corrected chi connectivity index (χ3v) is 2.95. The lowest BCUT2D eigenvalue weighted by Gasteiger charge is -2.11. The van der Waals surface area contributed by atoms with Gasteiger partial charge in [-0.25, -0.2) is 0 Å². The highest BCUT2D eigenvalue weighted by Gasteiger charge is 2.06. The molecule has 0 saturated heterocycles. The molecule has 5 heteroatoms. The van der Waals surface area contributed by atoms with Gasteiger partial charge in [-0.1, -0.05) is 17.7 Å². The quantitative estimate of drug-likeness (QED) is 0.714. The summed E-state index contributed by atoms with van der Waals surface area (Å²) in [5.74, 6) is 0.0170. The molecule has 1 rings (SSSR count). The van der Waals surface area contributed by atoms with Gasteiger partial charge in [0.15, 0.2) is 0 Å². The number of unbranched alkanes of at least 4 members (excludes halogenated alkanes) is 1. The summed E-state index contributed by atoms with van der Waals surface area (Å²) >= 11 is 6.09. The maximum atomic E-state index is 10.3. The van der Waals surface area contributed by atoms with Crippen molar-refractivity contribution in [1.82, 2.24) is 5.32 Å². The topological polar surface area (TPSA) is 58.6 Å². The summed E-state index contributed by atoms with van der Waals surface area (Å²) in [7, 11) is 1.61. The SMILES string of the molecule is COc1cccc(Cl)c1CNCCCCC(=O)O. The minimum Gasteiger partial charge on any atom is -0.496 e. The molecule has 1 aromatic rings. The second-order valence-corrected chi connectivity index (χ2v) is 4.36. The highest BCUT2D eigenvalue weighted by Crippen LogP contribution is 2.25. The fraction of sp³-hybridized carbons (Fsp3) is 0.462. The lowest BCUT2D eigenvalue weighted by Crippen LogP contribution is -2.16. The minimum atomic E-state index is -0.747. The third kappa shape index (κ3) is 4.94. The van der Waals surface area contributed by atoms with Crippen LogP contribution < -0.4 is 10.1 Å². The van der Waals surface area contributed by atoms with E-state index in [0.717, 1.165) is 24.3 Å². The summed E-state index contributed by atoms with van der Waals surface area (Å²) < 4.78 is 5.23. The molecule has 0 saturated carbocycles. The molecule has 0 aromatic heterocycles. The number of halogens is 1. The zero-order valence-corrected chi connectivity index (χ0v) is 11.2. The van der Waals surface area contributed by atoms with Crippen LogP contribution in [0, 0.1) is 0 Å². The molecule has 1 aromatic carbocycles. The van der Waals surface area contributed by atoms with Gasteiger partial charge in [-0.2, -0.15) is 0 Å². The van der Waals surface area contributed by atoms with E-state index >= 15 is 0 Å². The molecule has 0 amide bonds. The second-order valence-electron chi connectivity index (χ2n) is 3.95. The third-order valence-electron chi connectivity index (χ3n) is 2.59. The first-order chi connectivity index (χ1) is 8.65. The number of nitrogens with one attached hydrogen (secondary N) is 1. The first-order valence-electron chi connectivity index (χ1n) is 5.89. The molecule has 0 aliphatic rings. The van der Waals surface area contributed by atoms with Gasteiger partial charge in [0.1, 0.15) is 5.75 Å². The molecular weight excluding hydrogens is 254 g/mol. The van der Waals surface area contributed by atoms with Gasteiger partial charge in [0.05, 0.1) is 7.11 Å². The van der Waals surface area contributed by atoms with E-state index in [4.69, 9.17) is 21.4 Å². The van der Waals surface area contributed by atoms with Crippen LogP contribution in [0.25, 0.3) is 0 Å². The number of benzene rings is 1. The Hall–Kier alpha value is -1.26. The van der Waals surface area contributed by atoms with Crippen molar-refractivity contribution in [1.29, 1.82) is 0 Å². The molecule has 2 N–H and O–H groups in total. The van der Waals surface area contributed by atoms with Crippen molar-refractivity contribution in [2.24, 2.45) is 0 Å². The highest BCUT2D eigenvalue weighted by atomic mass is 35.5. The van der Waals surface area contributed by atoms with E-state index in [2.05, 4.69) is 5.32 Å². The number of aliphatic carboxylic acids is 1. The Morgan fingerprint density at radius 1 is 1.44 bits per heavy atom. The second kappa shape index (κ2) is 7.95. The molecule has 0 fully saturated rings. The molecule has 0 spiro atoms. The molecule has 18 heavy (non-hydrogen) atoms. The first kappa shape index (κ1) is 14.8. The van der Waals surface area contributed by atoms with E-state index in [1.54, 1.807) is 7.11 Å². The molecule has 100 valence electrons. The fourth-order valence-electron chi connectivity index (χ4n) is 1.64. The normalized spacial score (nSPS) is 10.3. The molecule has 0 aliphatic carbocycles. The molecule has 0 aliphatic heterocycles. The Morgan fingerprint density at radius 2 is 2.22 bits per heavy atom. The maximum absolute atomic E-state index is 10.3. The van der Waals surface area contributed by atoms with Crippen molar-refractivity contribution >= 4 is 17.6 Å². The molecule has 0 atom stereocenters. The fourth-order valence-corrected chi connectivity index (χ4v) is 1.87. The van der Waals surface area contributed by atoms with E-state index in [1.807, 2.05) is 18.2 Å². The minimum absolute atomic E-state index is 0.219. The van der Waals surface area contributed by atoms with Gasteiger partial charge in [0.25, 0.3) is 0 Å². The number of ether oxygens (including phenoxy) is 1.